The number of hydrogen-bond donors (Lipinski definition) is 1. The lowest BCUT2D eigenvalue weighted by atomic mass is 9.72. The normalized spacial score (nSPS) is 26.0. The zero-order valence-corrected chi connectivity index (χ0v) is 15.6. The number of carbonyl (C=O) groups excluding carboxylic acids is 2. The van der Waals surface area contributed by atoms with Crippen molar-refractivity contribution in [2.24, 2.45) is 11.1 Å². The maximum atomic E-state index is 13.1. The molecule has 5 heteroatoms. The number of ether oxygens (including phenoxy) is 1. The number of nitrogens with two attached hydrogens (primary N) is 1. The summed E-state index contributed by atoms with van der Waals surface area (Å²) in [4.78, 5) is 27.3. The van der Waals surface area contributed by atoms with E-state index >= 15 is 0 Å². The van der Waals surface area contributed by atoms with Gasteiger partial charge in [0.2, 0.25) is 0 Å². The van der Waals surface area contributed by atoms with Crippen molar-refractivity contribution < 1.29 is 14.3 Å². The van der Waals surface area contributed by atoms with E-state index in [1.54, 1.807) is 4.90 Å². The van der Waals surface area contributed by atoms with Gasteiger partial charge in [0, 0.05) is 30.1 Å². The summed E-state index contributed by atoms with van der Waals surface area (Å²) >= 11 is 0. The molecule has 0 aromatic heterocycles. The van der Waals surface area contributed by atoms with Crippen LogP contribution in [0.1, 0.15) is 62.0 Å². The summed E-state index contributed by atoms with van der Waals surface area (Å²) < 4.78 is 5.51. The summed E-state index contributed by atoms with van der Waals surface area (Å²) in [5, 5.41) is 0. The Balaban J connectivity index is 1.77. The molecular formula is C20H28N2O3. The van der Waals surface area contributed by atoms with Crippen LogP contribution in [0.2, 0.25) is 0 Å². The SMILES string of the molecule is CC1CC2(CCN1C(=O)OC(C)(C)C)Cc1ccc(CN)cc1C2=O. The van der Waals surface area contributed by atoms with E-state index in [-0.39, 0.29) is 23.3 Å². The van der Waals surface area contributed by atoms with Gasteiger partial charge in [0.1, 0.15) is 5.60 Å². The predicted molar refractivity (Wildman–Crippen MR) is 96.4 cm³/mol. The van der Waals surface area contributed by atoms with Crippen LogP contribution in [0.5, 0.6) is 0 Å². The highest BCUT2D eigenvalue weighted by Gasteiger charge is 2.50. The first kappa shape index (κ1) is 17.9. The molecule has 1 aliphatic heterocycles. The Bertz CT molecular complexity index is 707. The minimum Gasteiger partial charge on any atom is -0.444 e. The number of fused-ring (bicyclic) bond motifs is 1. The number of hydrogen-bond acceptors (Lipinski definition) is 4. The van der Waals surface area contributed by atoms with Gasteiger partial charge in [-0.1, -0.05) is 12.1 Å². The molecule has 0 saturated carbocycles. The van der Waals surface area contributed by atoms with Gasteiger partial charge in [0.05, 0.1) is 0 Å². The van der Waals surface area contributed by atoms with Crippen LogP contribution in [-0.2, 0) is 17.7 Å². The predicted octanol–water partition coefficient (Wildman–Crippen LogP) is 3.29. The number of amides is 1. The summed E-state index contributed by atoms with van der Waals surface area (Å²) in [5.41, 5.74) is 7.74. The molecule has 5 nitrogen and oxygen atoms in total. The number of carbonyl (C=O) groups is 2. The minimum atomic E-state index is -0.510. The smallest absolute Gasteiger partial charge is 0.410 e. The molecule has 1 spiro atoms. The van der Waals surface area contributed by atoms with Crippen LogP contribution in [0, 0.1) is 5.41 Å². The van der Waals surface area contributed by atoms with Gasteiger partial charge in [0.15, 0.2) is 5.78 Å². The first-order chi connectivity index (χ1) is 11.6. The largest absolute Gasteiger partial charge is 0.444 e. The number of ketones is 1. The Morgan fingerprint density at radius 1 is 1.40 bits per heavy atom. The fraction of sp³-hybridized carbons (Fsp3) is 0.600. The summed E-state index contributed by atoms with van der Waals surface area (Å²) in [6.45, 7) is 8.61. The van der Waals surface area contributed by atoms with E-state index in [1.165, 1.54) is 0 Å². The van der Waals surface area contributed by atoms with E-state index in [2.05, 4.69) is 0 Å². The van der Waals surface area contributed by atoms with Crippen LogP contribution in [-0.4, -0.2) is 35.0 Å². The van der Waals surface area contributed by atoms with Gasteiger partial charge in [-0.2, -0.15) is 0 Å². The topological polar surface area (TPSA) is 72.6 Å². The quantitative estimate of drug-likeness (QED) is 0.848. The molecule has 2 unspecified atom stereocenters. The van der Waals surface area contributed by atoms with Gasteiger partial charge < -0.3 is 15.4 Å². The lowest BCUT2D eigenvalue weighted by Crippen LogP contribution is -2.51. The molecule has 2 aliphatic rings. The summed E-state index contributed by atoms with van der Waals surface area (Å²) in [5.74, 6) is 0.216. The average molecular weight is 344 g/mol. The van der Waals surface area contributed by atoms with Gasteiger partial charge in [0.25, 0.3) is 0 Å². The molecule has 2 atom stereocenters. The highest BCUT2D eigenvalue weighted by atomic mass is 16.6. The lowest BCUT2D eigenvalue weighted by Gasteiger charge is -2.43. The Kier molecular flexibility index (Phi) is 4.40. The number of Topliss-reactive ketones (excluding diaryl/α,β-unsaturated/α-hetero) is 1. The Morgan fingerprint density at radius 3 is 2.72 bits per heavy atom. The van der Waals surface area contributed by atoms with Crippen molar-refractivity contribution in [2.75, 3.05) is 6.54 Å². The van der Waals surface area contributed by atoms with Crippen molar-refractivity contribution in [3.63, 3.8) is 0 Å². The second-order valence-corrected chi connectivity index (χ2v) is 8.46. The first-order valence-electron chi connectivity index (χ1n) is 9.01. The van der Waals surface area contributed by atoms with Crippen molar-refractivity contribution >= 4 is 11.9 Å². The first-order valence-corrected chi connectivity index (χ1v) is 9.01. The molecule has 3 rings (SSSR count). The summed E-state index contributed by atoms with van der Waals surface area (Å²) in [6.07, 6.45) is 1.83. The van der Waals surface area contributed by atoms with Crippen molar-refractivity contribution in [1.29, 1.82) is 0 Å². The third-order valence-electron chi connectivity index (χ3n) is 5.34. The van der Waals surface area contributed by atoms with Gasteiger partial charge >= 0.3 is 6.09 Å². The number of nitrogens with zero attached hydrogens (tertiary/aromatic N) is 1. The molecule has 1 amide bonds. The standard InChI is InChI=1S/C20H28N2O3/c1-13-10-20(7-8-22(13)18(24)25-19(2,3)4)11-15-6-5-14(12-21)9-16(15)17(20)23/h5-6,9,13H,7-8,10-12,21H2,1-4H3. The van der Waals surface area contributed by atoms with Crippen LogP contribution in [0.15, 0.2) is 18.2 Å². The van der Waals surface area contributed by atoms with Crippen molar-refractivity contribution in [1.82, 2.24) is 4.90 Å². The number of benzene rings is 1. The van der Waals surface area contributed by atoms with Crippen LogP contribution in [0.3, 0.4) is 0 Å². The van der Waals surface area contributed by atoms with E-state index in [1.807, 2.05) is 45.9 Å². The Hall–Kier alpha value is -1.88. The molecule has 1 aromatic carbocycles. The second-order valence-electron chi connectivity index (χ2n) is 8.46. The molecule has 2 N–H and O–H groups in total. The lowest BCUT2D eigenvalue weighted by molar-refractivity contribution is -0.00225. The van der Waals surface area contributed by atoms with Crippen molar-refractivity contribution in [2.45, 2.75) is 65.1 Å². The van der Waals surface area contributed by atoms with Gasteiger partial charge in [-0.15, -0.1) is 0 Å². The molecule has 1 aromatic rings. The third-order valence-corrected chi connectivity index (χ3v) is 5.34. The van der Waals surface area contributed by atoms with E-state index in [9.17, 15) is 9.59 Å². The Labute approximate surface area is 149 Å². The zero-order valence-electron chi connectivity index (χ0n) is 15.6. The molecule has 1 heterocycles. The fourth-order valence-corrected chi connectivity index (χ4v) is 4.14. The summed E-state index contributed by atoms with van der Waals surface area (Å²) in [7, 11) is 0. The van der Waals surface area contributed by atoms with E-state index in [0.29, 0.717) is 25.9 Å². The van der Waals surface area contributed by atoms with Gasteiger partial charge in [-0.05, 0) is 64.2 Å². The van der Waals surface area contributed by atoms with E-state index in [4.69, 9.17) is 10.5 Å². The van der Waals surface area contributed by atoms with Crippen LogP contribution in [0.4, 0.5) is 4.79 Å². The molecule has 0 bridgehead atoms. The second kappa shape index (κ2) is 6.13. The van der Waals surface area contributed by atoms with Crippen LogP contribution in [0.25, 0.3) is 0 Å². The van der Waals surface area contributed by atoms with Gasteiger partial charge in [-0.25, -0.2) is 4.79 Å². The molecule has 1 aliphatic carbocycles. The van der Waals surface area contributed by atoms with Crippen LogP contribution < -0.4 is 5.73 Å². The highest BCUT2D eigenvalue weighted by molar-refractivity contribution is 6.05. The molecule has 1 fully saturated rings. The summed E-state index contributed by atoms with van der Waals surface area (Å²) in [6, 6.07) is 5.97. The molecule has 1 saturated heterocycles. The maximum absolute atomic E-state index is 13.1. The fourth-order valence-electron chi connectivity index (χ4n) is 4.14. The molecule has 25 heavy (non-hydrogen) atoms. The minimum absolute atomic E-state index is 0.0177. The van der Waals surface area contributed by atoms with Gasteiger partial charge in [-0.3, -0.25) is 4.79 Å². The average Bonchev–Trinajstić information content (AvgIpc) is 2.77. The Morgan fingerprint density at radius 2 is 2.12 bits per heavy atom. The zero-order chi connectivity index (χ0) is 18.4. The third kappa shape index (κ3) is 3.30. The monoisotopic (exact) mass is 344 g/mol. The number of rotatable bonds is 1. The van der Waals surface area contributed by atoms with E-state index in [0.717, 1.165) is 23.1 Å². The highest BCUT2D eigenvalue weighted by Crippen LogP contribution is 2.46. The number of likely N-dealkylation sites (tertiary alicyclic amines) is 1. The maximum Gasteiger partial charge on any atom is 0.410 e. The van der Waals surface area contributed by atoms with Crippen molar-refractivity contribution in [3.8, 4) is 0 Å². The number of piperidine rings is 1. The van der Waals surface area contributed by atoms with E-state index < -0.39 is 5.60 Å². The molecule has 136 valence electrons. The molecule has 0 radical (unpaired) electrons. The molecular weight excluding hydrogens is 316 g/mol. The van der Waals surface area contributed by atoms with Crippen molar-refractivity contribution in [3.05, 3.63) is 34.9 Å². The van der Waals surface area contributed by atoms with Crippen LogP contribution >= 0.6 is 0 Å².